The molecule has 7 rings (SSSR count). The van der Waals surface area contributed by atoms with Gasteiger partial charge in [0.1, 0.15) is 0 Å². The molecule has 0 saturated carbocycles. The molecule has 0 aliphatic carbocycles. The number of hydrogen-bond donors (Lipinski definition) is 1. The topological polar surface area (TPSA) is 79.4 Å². The number of nitrogens with one attached hydrogen (secondary N) is 1. The minimum atomic E-state index is -0.370. The molecule has 2 aromatic heterocycles. The van der Waals surface area contributed by atoms with Gasteiger partial charge in [0.25, 0.3) is 5.56 Å². The van der Waals surface area contributed by atoms with Gasteiger partial charge in [-0.25, -0.2) is 4.79 Å². The van der Waals surface area contributed by atoms with Crippen LogP contribution in [0.25, 0.3) is 27.8 Å². The molecule has 2 aliphatic rings. The van der Waals surface area contributed by atoms with E-state index in [1.165, 1.54) is 11.6 Å². The minimum Gasteiger partial charge on any atom is -0.454 e. The molecule has 8 nitrogen and oxygen atoms in total. The number of fused-ring (bicyclic) bond motifs is 6. The van der Waals surface area contributed by atoms with Gasteiger partial charge in [-0.3, -0.25) is 13.9 Å². The summed E-state index contributed by atoms with van der Waals surface area (Å²) in [6, 6.07) is 19.7. The summed E-state index contributed by atoms with van der Waals surface area (Å²) in [7, 11) is 3.26. The number of ether oxygens (including phenoxy) is 2. The first-order valence-corrected chi connectivity index (χ1v) is 12.5. The maximum absolute atomic E-state index is 13.8. The highest BCUT2D eigenvalue weighted by atomic mass is 16.7. The fourth-order valence-corrected chi connectivity index (χ4v) is 5.74. The van der Waals surface area contributed by atoms with Crippen LogP contribution in [0.3, 0.4) is 0 Å². The van der Waals surface area contributed by atoms with E-state index < -0.39 is 0 Å². The third kappa shape index (κ3) is 2.97. The average molecular weight is 507 g/mol. The normalized spacial score (nSPS) is 15.3. The van der Waals surface area contributed by atoms with Crippen LogP contribution >= 0.6 is 0 Å². The molecule has 1 N–H and O–H groups in total. The molecular weight excluding hydrogens is 480 g/mol. The first-order valence-electron chi connectivity index (χ1n) is 12.5. The zero-order chi connectivity index (χ0) is 26.3. The standard InChI is InChI=1S/C30H26N4O4/c1-16-12-20-21(13-17(16)2)34-26(18-8-6-5-7-9-18)24-27(32(3)30(36)33(4)29(24)35)28(34)25(31-20)19-10-11-22-23(14-19)38-15-37-22/h5-14,25,31H,15H2,1-4H3. The number of aromatic nitrogens is 3. The summed E-state index contributed by atoms with van der Waals surface area (Å²) in [4.78, 5) is 27.1. The van der Waals surface area contributed by atoms with Crippen LogP contribution in [0.5, 0.6) is 11.5 Å². The molecule has 2 aliphatic heterocycles. The Hall–Kier alpha value is -4.72. The van der Waals surface area contributed by atoms with Crippen molar-refractivity contribution in [2.45, 2.75) is 19.9 Å². The van der Waals surface area contributed by atoms with E-state index in [-0.39, 0.29) is 24.1 Å². The Morgan fingerprint density at radius 2 is 1.61 bits per heavy atom. The molecule has 8 heteroatoms. The van der Waals surface area contributed by atoms with Gasteiger partial charge in [0.15, 0.2) is 11.5 Å². The summed E-state index contributed by atoms with van der Waals surface area (Å²) in [6.45, 7) is 4.35. The van der Waals surface area contributed by atoms with Crippen molar-refractivity contribution < 1.29 is 9.47 Å². The molecule has 0 amide bonds. The molecule has 0 saturated heterocycles. The number of rotatable bonds is 2. The zero-order valence-electron chi connectivity index (χ0n) is 21.5. The highest BCUT2D eigenvalue weighted by Gasteiger charge is 2.35. The fourth-order valence-electron chi connectivity index (χ4n) is 5.74. The summed E-state index contributed by atoms with van der Waals surface area (Å²) >= 11 is 0. The van der Waals surface area contributed by atoms with Gasteiger partial charge in [-0.2, -0.15) is 0 Å². The Morgan fingerprint density at radius 3 is 2.39 bits per heavy atom. The number of aryl methyl sites for hydroxylation is 3. The van der Waals surface area contributed by atoms with Gasteiger partial charge in [-0.15, -0.1) is 0 Å². The molecule has 190 valence electrons. The van der Waals surface area contributed by atoms with Crippen LogP contribution in [0, 0.1) is 13.8 Å². The fraction of sp³-hybridized carbons (Fsp3) is 0.200. The monoisotopic (exact) mass is 506 g/mol. The largest absolute Gasteiger partial charge is 0.454 e. The van der Waals surface area contributed by atoms with Crippen molar-refractivity contribution in [1.29, 1.82) is 0 Å². The van der Waals surface area contributed by atoms with Gasteiger partial charge in [0, 0.05) is 14.1 Å². The Labute approximate surface area is 218 Å². The van der Waals surface area contributed by atoms with Crippen molar-refractivity contribution in [2.24, 2.45) is 14.1 Å². The van der Waals surface area contributed by atoms with Gasteiger partial charge >= 0.3 is 5.69 Å². The molecule has 0 fully saturated rings. The second kappa shape index (κ2) is 7.89. The van der Waals surface area contributed by atoms with E-state index in [9.17, 15) is 9.59 Å². The SMILES string of the molecule is Cc1cc2c(cc1C)-n1c(-c3ccccc3)c3c(=O)n(C)c(=O)n(C)c3c1C(c1ccc3c(c1)OCO3)N2. The van der Waals surface area contributed by atoms with Crippen LogP contribution in [0.1, 0.15) is 28.4 Å². The Balaban J connectivity index is 1.69. The average Bonchev–Trinajstić information content (AvgIpc) is 3.54. The van der Waals surface area contributed by atoms with E-state index in [0.29, 0.717) is 22.4 Å². The van der Waals surface area contributed by atoms with Crippen molar-refractivity contribution in [3.05, 3.63) is 104 Å². The molecule has 38 heavy (non-hydrogen) atoms. The van der Waals surface area contributed by atoms with Crippen LogP contribution in [0.2, 0.25) is 0 Å². The molecule has 1 unspecified atom stereocenters. The third-order valence-electron chi connectivity index (χ3n) is 7.81. The first-order chi connectivity index (χ1) is 18.3. The Kier molecular flexibility index (Phi) is 4.67. The predicted molar refractivity (Wildman–Crippen MR) is 147 cm³/mol. The Bertz CT molecular complexity index is 1910. The summed E-state index contributed by atoms with van der Waals surface area (Å²) in [5, 5.41) is 4.23. The molecule has 0 bridgehead atoms. The van der Waals surface area contributed by atoms with Crippen molar-refractivity contribution in [3.8, 4) is 28.4 Å². The maximum atomic E-state index is 13.8. The molecule has 0 spiro atoms. The van der Waals surface area contributed by atoms with Gasteiger partial charge in [0.05, 0.1) is 39.7 Å². The first kappa shape index (κ1) is 22.5. The van der Waals surface area contributed by atoms with E-state index in [1.54, 1.807) is 11.6 Å². The molecule has 5 aromatic rings. The van der Waals surface area contributed by atoms with Crippen molar-refractivity contribution in [3.63, 3.8) is 0 Å². The molecule has 4 heterocycles. The second-order valence-electron chi connectivity index (χ2n) is 10.0. The summed E-state index contributed by atoms with van der Waals surface area (Å²) < 4.78 is 16.2. The lowest BCUT2D eigenvalue weighted by Gasteiger charge is -2.32. The Morgan fingerprint density at radius 1 is 0.868 bits per heavy atom. The van der Waals surface area contributed by atoms with Gasteiger partial charge in [-0.05, 0) is 60.4 Å². The van der Waals surface area contributed by atoms with Gasteiger partial charge < -0.3 is 19.4 Å². The maximum Gasteiger partial charge on any atom is 0.331 e. The van der Waals surface area contributed by atoms with Crippen LogP contribution in [-0.2, 0) is 14.1 Å². The highest BCUT2D eigenvalue weighted by molar-refractivity contribution is 5.99. The van der Waals surface area contributed by atoms with E-state index >= 15 is 0 Å². The van der Waals surface area contributed by atoms with Crippen molar-refractivity contribution in [2.75, 3.05) is 12.1 Å². The van der Waals surface area contributed by atoms with E-state index in [1.807, 2.05) is 48.5 Å². The minimum absolute atomic E-state index is 0.181. The lowest BCUT2D eigenvalue weighted by Crippen LogP contribution is -2.37. The van der Waals surface area contributed by atoms with Crippen molar-refractivity contribution >= 4 is 16.6 Å². The van der Waals surface area contributed by atoms with Gasteiger partial charge in [-0.1, -0.05) is 36.4 Å². The van der Waals surface area contributed by atoms with Crippen LogP contribution in [0.4, 0.5) is 5.69 Å². The quantitative estimate of drug-likeness (QED) is 0.380. The van der Waals surface area contributed by atoms with Crippen LogP contribution in [0.15, 0.2) is 70.3 Å². The summed E-state index contributed by atoms with van der Waals surface area (Å²) in [5.41, 5.74) is 7.52. The lowest BCUT2D eigenvalue weighted by molar-refractivity contribution is 0.174. The number of anilines is 1. The van der Waals surface area contributed by atoms with Crippen LogP contribution in [-0.4, -0.2) is 20.5 Å². The smallest absolute Gasteiger partial charge is 0.331 e. The highest BCUT2D eigenvalue weighted by Crippen LogP contribution is 2.47. The molecular formula is C30H26N4O4. The predicted octanol–water partition coefficient (Wildman–Crippen LogP) is 4.56. The third-order valence-corrected chi connectivity index (χ3v) is 7.81. The van der Waals surface area contributed by atoms with Crippen LogP contribution < -0.4 is 26.0 Å². The number of nitrogens with zero attached hydrogens (tertiary/aromatic N) is 3. The van der Waals surface area contributed by atoms with E-state index in [0.717, 1.165) is 45.0 Å². The molecule has 3 aromatic carbocycles. The number of hydrogen-bond acceptors (Lipinski definition) is 5. The number of benzene rings is 3. The second-order valence-corrected chi connectivity index (χ2v) is 10.0. The van der Waals surface area contributed by atoms with E-state index in [4.69, 9.17) is 9.47 Å². The molecule has 1 atom stereocenters. The van der Waals surface area contributed by atoms with E-state index in [2.05, 4.69) is 35.9 Å². The lowest BCUT2D eigenvalue weighted by atomic mass is 9.97. The zero-order valence-corrected chi connectivity index (χ0v) is 21.5. The summed E-state index contributed by atoms with van der Waals surface area (Å²) in [6.07, 6.45) is 0. The molecule has 0 radical (unpaired) electrons. The summed E-state index contributed by atoms with van der Waals surface area (Å²) in [5.74, 6) is 1.37. The van der Waals surface area contributed by atoms with Crippen molar-refractivity contribution in [1.82, 2.24) is 13.7 Å². The van der Waals surface area contributed by atoms with Gasteiger partial charge in [0.2, 0.25) is 6.79 Å².